The highest BCUT2D eigenvalue weighted by atomic mass is 32.2. The normalized spacial score (nSPS) is 21.8. The molecule has 1 unspecified atom stereocenters. The minimum atomic E-state index is -3.25. The molecule has 2 aliphatic rings. The standard InChI is InChI=1S/C20H32N4O3S/c1-16(2)19(23-11-9-22(3)10-12-23)15-21-20(25)17-6-4-7-18(14-17)24-8-5-13-28(24,26)27/h4,6-7,14,16,19H,5,8-13,15H2,1-3H3,(H,21,25). The Morgan fingerprint density at radius 3 is 2.46 bits per heavy atom. The van der Waals surface area contributed by atoms with Gasteiger partial charge in [-0.15, -0.1) is 0 Å². The number of amides is 1. The largest absolute Gasteiger partial charge is 0.350 e. The molecule has 7 nitrogen and oxygen atoms in total. The Balaban J connectivity index is 1.65. The number of nitrogens with zero attached hydrogens (tertiary/aromatic N) is 3. The summed E-state index contributed by atoms with van der Waals surface area (Å²) in [6.45, 7) is 9.56. The highest BCUT2D eigenvalue weighted by Crippen LogP contribution is 2.24. The number of nitrogens with one attached hydrogen (secondary N) is 1. The third-order valence-corrected chi connectivity index (χ3v) is 7.61. The highest BCUT2D eigenvalue weighted by molar-refractivity contribution is 7.93. The van der Waals surface area contributed by atoms with Crippen molar-refractivity contribution in [2.75, 3.05) is 56.4 Å². The maximum absolute atomic E-state index is 12.7. The summed E-state index contributed by atoms with van der Waals surface area (Å²) >= 11 is 0. The van der Waals surface area contributed by atoms with Gasteiger partial charge in [0.1, 0.15) is 0 Å². The van der Waals surface area contributed by atoms with E-state index in [1.807, 2.05) is 0 Å². The van der Waals surface area contributed by atoms with Crippen LogP contribution >= 0.6 is 0 Å². The number of rotatable bonds is 6. The van der Waals surface area contributed by atoms with Gasteiger partial charge >= 0.3 is 0 Å². The van der Waals surface area contributed by atoms with E-state index in [1.54, 1.807) is 24.3 Å². The Bertz CT molecular complexity index is 788. The summed E-state index contributed by atoms with van der Waals surface area (Å²) in [7, 11) is -1.11. The molecule has 1 aromatic rings. The zero-order chi connectivity index (χ0) is 20.3. The van der Waals surface area contributed by atoms with Gasteiger partial charge in [0.2, 0.25) is 10.0 Å². The van der Waals surface area contributed by atoms with Crippen molar-refractivity contribution in [3.63, 3.8) is 0 Å². The van der Waals surface area contributed by atoms with Crippen LogP contribution in [-0.2, 0) is 10.0 Å². The Labute approximate surface area is 168 Å². The van der Waals surface area contributed by atoms with Crippen molar-refractivity contribution >= 4 is 21.6 Å². The summed E-state index contributed by atoms with van der Waals surface area (Å²) in [6.07, 6.45) is 0.625. The molecule has 1 amide bonds. The van der Waals surface area contributed by atoms with Crippen LogP contribution in [0.3, 0.4) is 0 Å². The molecule has 0 aromatic heterocycles. The molecule has 3 rings (SSSR count). The van der Waals surface area contributed by atoms with Gasteiger partial charge in [-0.2, -0.15) is 0 Å². The molecule has 0 saturated carbocycles. The van der Waals surface area contributed by atoms with Crippen molar-refractivity contribution in [1.29, 1.82) is 0 Å². The highest BCUT2D eigenvalue weighted by Gasteiger charge is 2.29. The predicted octanol–water partition coefficient (Wildman–Crippen LogP) is 1.23. The van der Waals surface area contributed by atoms with Gasteiger partial charge in [-0.3, -0.25) is 14.0 Å². The fourth-order valence-corrected chi connectivity index (χ4v) is 5.53. The smallest absolute Gasteiger partial charge is 0.251 e. The number of sulfonamides is 1. The van der Waals surface area contributed by atoms with Crippen LogP contribution in [-0.4, -0.2) is 82.2 Å². The van der Waals surface area contributed by atoms with Gasteiger partial charge in [-0.25, -0.2) is 8.42 Å². The van der Waals surface area contributed by atoms with Crippen molar-refractivity contribution in [2.24, 2.45) is 5.92 Å². The third-order valence-electron chi connectivity index (χ3n) is 5.74. The average molecular weight is 409 g/mol. The molecule has 1 aromatic carbocycles. The molecule has 0 aliphatic carbocycles. The maximum Gasteiger partial charge on any atom is 0.251 e. The van der Waals surface area contributed by atoms with Gasteiger partial charge in [0, 0.05) is 50.9 Å². The van der Waals surface area contributed by atoms with E-state index in [1.165, 1.54) is 4.31 Å². The third kappa shape index (κ3) is 4.85. The Hall–Kier alpha value is -1.64. The first kappa shape index (κ1) is 21.1. The van der Waals surface area contributed by atoms with Gasteiger partial charge in [0.05, 0.1) is 11.4 Å². The van der Waals surface area contributed by atoms with E-state index in [2.05, 4.69) is 36.0 Å². The van der Waals surface area contributed by atoms with E-state index in [-0.39, 0.29) is 11.7 Å². The lowest BCUT2D eigenvalue weighted by Gasteiger charge is -2.39. The molecule has 2 fully saturated rings. The van der Waals surface area contributed by atoms with Crippen molar-refractivity contribution < 1.29 is 13.2 Å². The van der Waals surface area contributed by atoms with E-state index in [4.69, 9.17) is 0 Å². The first-order chi connectivity index (χ1) is 13.3. The number of benzene rings is 1. The maximum atomic E-state index is 12.7. The molecular weight excluding hydrogens is 376 g/mol. The molecule has 1 N–H and O–H groups in total. The second kappa shape index (κ2) is 8.80. The van der Waals surface area contributed by atoms with E-state index < -0.39 is 10.0 Å². The van der Waals surface area contributed by atoms with Gasteiger partial charge in [0.15, 0.2) is 0 Å². The first-order valence-corrected chi connectivity index (χ1v) is 11.7. The van der Waals surface area contributed by atoms with E-state index in [0.717, 1.165) is 26.2 Å². The van der Waals surface area contributed by atoms with E-state index >= 15 is 0 Å². The van der Waals surface area contributed by atoms with Crippen LogP contribution in [0.15, 0.2) is 24.3 Å². The van der Waals surface area contributed by atoms with Crippen molar-refractivity contribution in [3.05, 3.63) is 29.8 Å². The number of hydrogen-bond acceptors (Lipinski definition) is 5. The molecule has 1 atom stereocenters. The van der Waals surface area contributed by atoms with E-state index in [0.29, 0.717) is 42.7 Å². The van der Waals surface area contributed by atoms with E-state index in [9.17, 15) is 13.2 Å². The fraction of sp³-hybridized carbons (Fsp3) is 0.650. The zero-order valence-electron chi connectivity index (χ0n) is 17.1. The van der Waals surface area contributed by atoms with Crippen LogP contribution in [0, 0.1) is 5.92 Å². The summed E-state index contributed by atoms with van der Waals surface area (Å²) in [5, 5.41) is 3.07. The molecule has 28 heavy (non-hydrogen) atoms. The summed E-state index contributed by atoms with van der Waals surface area (Å²) in [5.74, 6) is 0.452. The van der Waals surface area contributed by atoms with Crippen molar-refractivity contribution in [3.8, 4) is 0 Å². The lowest BCUT2D eigenvalue weighted by atomic mass is 10.0. The SMILES string of the molecule is CC(C)C(CNC(=O)c1cccc(N2CCCS2(=O)=O)c1)N1CCN(C)CC1. The minimum absolute atomic E-state index is 0.154. The first-order valence-electron chi connectivity index (χ1n) is 10.1. The second-order valence-corrected chi connectivity index (χ2v) is 10.2. The summed E-state index contributed by atoms with van der Waals surface area (Å²) < 4.78 is 25.7. The molecule has 2 heterocycles. The molecule has 8 heteroatoms. The molecule has 0 radical (unpaired) electrons. The lowest BCUT2D eigenvalue weighted by Crippen LogP contribution is -2.54. The monoisotopic (exact) mass is 408 g/mol. The van der Waals surface area contributed by atoms with Crippen LogP contribution in [0.4, 0.5) is 5.69 Å². The Kier molecular flexibility index (Phi) is 6.62. The van der Waals surface area contributed by atoms with Crippen LogP contribution in [0.2, 0.25) is 0 Å². The fourth-order valence-electron chi connectivity index (χ4n) is 3.97. The van der Waals surface area contributed by atoms with Crippen LogP contribution in [0.1, 0.15) is 30.6 Å². The van der Waals surface area contributed by atoms with Crippen LogP contribution in [0.5, 0.6) is 0 Å². The molecular formula is C20H32N4O3S. The lowest BCUT2D eigenvalue weighted by molar-refractivity contribution is 0.0791. The number of piperazine rings is 1. The minimum Gasteiger partial charge on any atom is -0.350 e. The van der Waals surface area contributed by atoms with Gasteiger partial charge in [-0.1, -0.05) is 19.9 Å². The van der Waals surface area contributed by atoms with Gasteiger partial charge in [-0.05, 0) is 37.6 Å². The molecule has 2 aliphatic heterocycles. The summed E-state index contributed by atoms with van der Waals surface area (Å²) in [6, 6.07) is 7.21. The summed E-state index contributed by atoms with van der Waals surface area (Å²) in [5.41, 5.74) is 1.07. The average Bonchev–Trinajstić information content (AvgIpc) is 3.02. The van der Waals surface area contributed by atoms with Crippen molar-refractivity contribution in [2.45, 2.75) is 26.3 Å². The molecule has 156 valence electrons. The van der Waals surface area contributed by atoms with Gasteiger partial charge in [0.25, 0.3) is 5.91 Å². The number of carbonyl (C=O) groups is 1. The van der Waals surface area contributed by atoms with Crippen LogP contribution in [0.25, 0.3) is 0 Å². The number of likely N-dealkylation sites (N-methyl/N-ethyl adjacent to an activating group) is 1. The van der Waals surface area contributed by atoms with Crippen LogP contribution < -0.4 is 9.62 Å². The van der Waals surface area contributed by atoms with Gasteiger partial charge < -0.3 is 10.2 Å². The Morgan fingerprint density at radius 1 is 1.14 bits per heavy atom. The number of anilines is 1. The van der Waals surface area contributed by atoms with Crippen molar-refractivity contribution in [1.82, 2.24) is 15.1 Å². The Morgan fingerprint density at radius 2 is 1.86 bits per heavy atom. The predicted molar refractivity (Wildman–Crippen MR) is 112 cm³/mol. The topological polar surface area (TPSA) is 73.0 Å². The molecule has 0 bridgehead atoms. The quantitative estimate of drug-likeness (QED) is 0.766. The second-order valence-electron chi connectivity index (χ2n) is 8.15. The zero-order valence-corrected chi connectivity index (χ0v) is 17.9. The summed E-state index contributed by atoms with van der Waals surface area (Å²) in [4.78, 5) is 17.5. The molecule has 0 spiro atoms. The molecule has 2 saturated heterocycles. The number of carbonyl (C=O) groups excluding carboxylic acids is 1. The number of hydrogen-bond donors (Lipinski definition) is 1.